The molecule has 4 rings (SSSR count). The van der Waals surface area contributed by atoms with Gasteiger partial charge in [0.2, 0.25) is 15.9 Å². The summed E-state index contributed by atoms with van der Waals surface area (Å²) in [6.07, 6.45) is 1.72. The van der Waals surface area contributed by atoms with Gasteiger partial charge in [-0.1, -0.05) is 17.4 Å². The number of aryl methyl sites for hydroxylation is 1. The molecule has 2 heterocycles. The highest BCUT2D eigenvalue weighted by Gasteiger charge is 2.27. The third-order valence-corrected chi connectivity index (χ3v) is 7.85. The quantitative estimate of drug-likeness (QED) is 0.627. The van der Waals surface area contributed by atoms with Crippen molar-refractivity contribution >= 4 is 43.2 Å². The number of carbonyl (C=O) groups is 1. The van der Waals surface area contributed by atoms with Gasteiger partial charge >= 0.3 is 4.87 Å². The van der Waals surface area contributed by atoms with Gasteiger partial charge in [0, 0.05) is 31.7 Å². The molecule has 2 aromatic carbocycles. The third-order valence-electron chi connectivity index (χ3n) is 5.01. The number of benzene rings is 2. The van der Waals surface area contributed by atoms with Crippen molar-refractivity contribution in [3.63, 3.8) is 0 Å². The lowest BCUT2D eigenvalue weighted by Crippen LogP contribution is -2.27. The molecular formula is C20H20FN3O4S2. The molecule has 3 aromatic rings. The lowest BCUT2D eigenvalue weighted by Gasteiger charge is -2.15. The second-order valence-electron chi connectivity index (χ2n) is 7.07. The van der Waals surface area contributed by atoms with Crippen LogP contribution in [0.4, 0.5) is 10.1 Å². The number of halogens is 1. The third kappa shape index (κ3) is 4.16. The van der Waals surface area contributed by atoms with Gasteiger partial charge in [-0.25, -0.2) is 12.8 Å². The standard InChI is InChI=1S/C20H20FN3O4S2/c21-14-4-3-5-15(12-14)22-19(25)8-11-24-17-7-6-16(13-18(17)29-20(24)26)30(27,28)23-9-1-2-10-23/h3-7,12-13H,1-2,8-11H2,(H,22,25). The van der Waals surface area contributed by atoms with Crippen LogP contribution in [0.2, 0.25) is 0 Å². The van der Waals surface area contributed by atoms with Crippen molar-refractivity contribution < 1.29 is 17.6 Å². The number of hydrogen-bond donors (Lipinski definition) is 1. The summed E-state index contributed by atoms with van der Waals surface area (Å²) in [6.45, 7) is 1.16. The zero-order valence-corrected chi connectivity index (χ0v) is 17.6. The highest BCUT2D eigenvalue weighted by Crippen LogP contribution is 2.26. The summed E-state index contributed by atoms with van der Waals surface area (Å²) in [6, 6.07) is 10.2. The summed E-state index contributed by atoms with van der Waals surface area (Å²) in [4.78, 5) is 24.5. The molecule has 10 heteroatoms. The van der Waals surface area contributed by atoms with Crippen LogP contribution in [0.25, 0.3) is 10.2 Å². The average molecular weight is 450 g/mol. The van der Waals surface area contributed by atoms with Crippen molar-refractivity contribution in [1.29, 1.82) is 0 Å². The van der Waals surface area contributed by atoms with E-state index in [9.17, 15) is 22.4 Å². The Labute approximate surface area is 176 Å². The van der Waals surface area contributed by atoms with E-state index in [2.05, 4.69) is 5.32 Å². The van der Waals surface area contributed by atoms with Crippen LogP contribution in [0, 0.1) is 5.82 Å². The second-order valence-corrected chi connectivity index (χ2v) is 10.00. The molecule has 7 nitrogen and oxygen atoms in total. The first-order valence-electron chi connectivity index (χ1n) is 9.53. The first kappa shape index (κ1) is 20.7. The Morgan fingerprint density at radius 1 is 1.13 bits per heavy atom. The van der Waals surface area contributed by atoms with Crippen molar-refractivity contribution in [2.45, 2.75) is 30.7 Å². The van der Waals surface area contributed by atoms with Crippen LogP contribution >= 0.6 is 11.3 Å². The van der Waals surface area contributed by atoms with Gasteiger partial charge in [0.1, 0.15) is 5.82 Å². The molecule has 1 fully saturated rings. The van der Waals surface area contributed by atoms with E-state index in [1.54, 1.807) is 12.1 Å². The molecule has 1 aliphatic heterocycles. The Balaban J connectivity index is 1.51. The van der Waals surface area contributed by atoms with E-state index in [1.165, 1.54) is 39.2 Å². The number of anilines is 1. The molecule has 1 N–H and O–H groups in total. The molecule has 30 heavy (non-hydrogen) atoms. The molecule has 0 unspecified atom stereocenters. The van der Waals surface area contributed by atoms with E-state index in [0.29, 0.717) is 29.0 Å². The number of fused-ring (bicyclic) bond motifs is 1. The van der Waals surface area contributed by atoms with Gasteiger partial charge in [0.05, 0.1) is 15.1 Å². The lowest BCUT2D eigenvalue weighted by molar-refractivity contribution is -0.116. The average Bonchev–Trinajstić information content (AvgIpc) is 3.34. The van der Waals surface area contributed by atoms with Gasteiger partial charge in [-0.2, -0.15) is 4.31 Å². The summed E-state index contributed by atoms with van der Waals surface area (Å²) >= 11 is 0.952. The van der Waals surface area contributed by atoms with Gasteiger partial charge in [0.25, 0.3) is 0 Å². The number of nitrogens with zero attached hydrogens (tertiary/aromatic N) is 2. The maximum Gasteiger partial charge on any atom is 0.308 e. The minimum atomic E-state index is -3.56. The van der Waals surface area contributed by atoms with Crippen molar-refractivity contribution in [1.82, 2.24) is 8.87 Å². The van der Waals surface area contributed by atoms with Crippen LogP contribution in [-0.2, 0) is 21.4 Å². The van der Waals surface area contributed by atoms with Crippen molar-refractivity contribution in [3.05, 3.63) is 57.9 Å². The van der Waals surface area contributed by atoms with Crippen LogP contribution in [0.1, 0.15) is 19.3 Å². The van der Waals surface area contributed by atoms with Crippen LogP contribution < -0.4 is 10.2 Å². The SMILES string of the molecule is O=C(CCn1c(=O)sc2cc(S(=O)(=O)N3CCCC3)ccc21)Nc1cccc(F)c1. The number of nitrogens with one attached hydrogen (secondary N) is 1. The van der Waals surface area contributed by atoms with Crippen LogP contribution in [0.3, 0.4) is 0 Å². The number of rotatable bonds is 6. The monoisotopic (exact) mass is 449 g/mol. The minimum absolute atomic E-state index is 0.0239. The Kier molecular flexibility index (Phi) is 5.72. The number of thiazole rings is 1. The smallest absolute Gasteiger partial charge is 0.308 e. The fourth-order valence-corrected chi connectivity index (χ4v) is 6.07. The van der Waals surface area contributed by atoms with Gasteiger partial charge in [-0.05, 0) is 49.2 Å². The Hall–Kier alpha value is -2.56. The molecule has 0 saturated carbocycles. The molecule has 158 valence electrons. The van der Waals surface area contributed by atoms with Gasteiger partial charge < -0.3 is 5.32 Å². The Morgan fingerprint density at radius 3 is 2.63 bits per heavy atom. The molecule has 1 amide bonds. The van der Waals surface area contributed by atoms with E-state index in [4.69, 9.17) is 0 Å². The molecule has 0 radical (unpaired) electrons. The fourth-order valence-electron chi connectivity index (χ4n) is 3.50. The number of aromatic nitrogens is 1. The molecule has 1 saturated heterocycles. The normalized spacial score (nSPS) is 15.0. The van der Waals surface area contributed by atoms with Gasteiger partial charge in [0.15, 0.2) is 0 Å². The molecule has 1 aromatic heterocycles. The van der Waals surface area contributed by atoms with E-state index in [1.807, 2.05) is 0 Å². The van der Waals surface area contributed by atoms with Crippen molar-refractivity contribution in [2.75, 3.05) is 18.4 Å². The van der Waals surface area contributed by atoms with Crippen LogP contribution in [-0.4, -0.2) is 36.3 Å². The summed E-state index contributed by atoms with van der Waals surface area (Å²) in [7, 11) is -3.56. The molecule has 0 bridgehead atoms. The Morgan fingerprint density at radius 2 is 1.90 bits per heavy atom. The van der Waals surface area contributed by atoms with Crippen LogP contribution in [0.15, 0.2) is 52.2 Å². The zero-order valence-electron chi connectivity index (χ0n) is 16.0. The maximum atomic E-state index is 13.2. The zero-order chi connectivity index (χ0) is 21.3. The van der Waals surface area contributed by atoms with Crippen LogP contribution in [0.5, 0.6) is 0 Å². The Bertz CT molecular complexity index is 1260. The van der Waals surface area contributed by atoms with Gasteiger partial charge in [-0.3, -0.25) is 14.2 Å². The molecule has 0 atom stereocenters. The topological polar surface area (TPSA) is 88.5 Å². The van der Waals surface area contributed by atoms with E-state index in [-0.39, 0.29) is 28.6 Å². The fraction of sp³-hybridized carbons (Fsp3) is 0.300. The van der Waals surface area contributed by atoms with Crippen molar-refractivity contribution in [3.8, 4) is 0 Å². The lowest BCUT2D eigenvalue weighted by atomic mass is 10.3. The highest BCUT2D eigenvalue weighted by molar-refractivity contribution is 7.89. The summed E-state index contributed by atoms with van der Waals surface area (Å²) < 4.78 is 42.2. The molecule has 0 aliphatic carbocycles. The maximum absolute atomic E-state index is 13.2. The molecule has 1 aliphatic rings. The predicted octanol–water partition coefficient (Wildman–Crippen LogP) is 3.02. The minimum Gasteiger partial charge on any atom is -0.326 e. The predicted molar refractivity (Wildman–Crippen MR) is 114 cm³/mol. The summed E-state index contributed by atoms with van der Waals surface area (Å²) in [5.74, 6) is -0.799. The first-order valence-corrected chi connectivity index (χ1v) is 11.8. The number of carbonyl (C=O) groups excluding carboxylic acids is 1. The summed E-state index contributed by atoms with van der Waals surface area (Å²) in [5.41, 5.74) is 0.934. The number of amides is 1. The highest BCUT2D eigenvalue weighted by atomic mass is 32.2. The summed E-state index contributed by atoms with van der Waals surface area (Å²) in [5, 5.41) is 2.60. The van der Waals surface area contributed by atoms with Gasteiger partial charge in [-0.15, -0.1) is 0 Å². The number of hydrogen-bond acceptors (Lipinski definition) is 5. The first-order chi connectivity index (χ1) is 14.3. The van der Waals surface area contributed by atoms with Crippen molar-refractivity contribution in [2.24, 2.45) is 0 Å². The molecule has 0 spiro atoms. The van der Waals surface area contributed by atoms with E-state index in [0.717, 1.165) is 24.2 Å². The van der Waals surface area contributed by atoms with E-state index >= 15 is 0 Å². The largest absolute Gasteiger partial charge is 0.326 e. The second kappa shape index (κ2) is 8.29. The van der Waals surface area contributed by atoms with E-state index < -0.39 is 15.8 Å². The molecular weight excluding hydrogens is 429 g/mol. The number of sulfonamides is 1.